The van der Waals surface area contributed by atoms with E-state index in [2.05, 4.69) is 15.9 Å². The Bertz CT molecular complexity index is 465. The molecule has 0 atom stereocenters. The summed E-state index contributed by atoms with van der Waals surface area (Å²) in [5.74, 6) is 0.295. The maximum Gasteiger partial charge on any atom is 0.252 e. The number of nitrogens with zero attached hydrogens (tertiary/aromatic N) is 1. The van der Waals surface area contributed by atoms with E-state index in [0.29, 0.717) is 27.8 Å². The Balaban J connectivity index is 3.08. The highest BCUT2D eigenvalue weighted by Gasteiger charge is 2.26. The van der Waals surface area contributed by atoms with Crippen LogP contribution in [-0.4, -0.2) is 25.8 Å². The van der Waals surface area contributed by atoms with Gasteiger partial charge in [0.2, 0.25) is 0 Å². The van der Waals surface area contributed by atoms with Crippen molar-refractivity contribution in [2.75, 3.05) is 13.1 Å². The van der Waals surface area contributed by atoms with Gasteiger partial charge in [-0.05, 0) is 27.9 Å². The second-order valence-corrected chi connectivity index (χ2v) is 8.98. The molecule has 1 heterocycles. The minimum atomic E-state index is -3.41. The summed E-state index contributed by atoms with van der Waals surface area (Å²) in [5, 5.41) is 0.439. The third kappa shape index (κ3) is 3.67. The molecule has 1 aromatic heterocycles. The topological polar surface area (TPSA) is 37.4 Å². The number of halogens is 2. The molecule has 0 aliphatic rings. The van der Waals surface area contributed by atoms with Crippen LogP contribution in [0.2, 0.25) is 5.02 Å². The van der Waals surface area contributed by atoms with Crippen LogP contribution in [0.5, 0.6) is 0 Å². The predicted octanol–water partition coefficient (Wildman–Crippen LogP) is 3.83. The Labute approximate surface area is 120 Å². The molecule has 1 aromatic rings. The van der Waals surface area contributed by atoms with Crippen molar-refractivity contribution in [2.45, 2.75) is 25.0 Å². The third-order valence-electron chi connectivity index (χ3n) is 2.14. The van der Waals surface area contributed by atoms with Crippen LogP contribution < -0.4 is 0 Å². The minimum Gasteiger partial charge on any atom is -0.206 e. The number of thiophene rings is 1. The average molecular weight is 361 g/mol. The molecule has 0 aromatic carbocycles. The molecule has 0 N–H and O–H groups in total. The molecule has 0 spiro atoms. The quantitative estimate of drug-likeness (QED) is 0.800. The molecule has 0 amide bonds. The summed E-state index contributed by atoms with van der Waals surface area (Å²) < 4.78 is 27.1. The van der Waals surface area contributed by atoms with Gasteiger partial charge in [0.1, 0.15) is 4.21 Å². The van der Waals surface area contributed by atoms with Crippen LogP contribution in [0.1, 0.15) is 20.8 Å². The first kappa shape index (κ1) is 15.4. The second kappa shape index (κ2) is 6.02. The van der Waals surface area contributed by atoms with Crippen molar-refractivity contribution < 1.29 is 8.42 Å². The normalized spacial score (nSPS) is 12.6. The van der Waals surface area contributed by atoms with Crippen molar-refractivity contribution >= 4 is 48.9 Å². The van der Waals surface area contributed by atoms with Crippen LogP contribution in [-0.2, 0) is 10.0 Å². The van der Waals surface area contributed by atoms with Gasteiger partial charge in [0.05, 0.1) is 8.81 Å². The van der Waals surface area contributed by atoms with Gasteiger partial charge in [0.15, 0.2) is 0 Å². The summed E-state index contributed by atoms with van der Waals surface area (Å²) in [4.78, 5) is 0. The van der Waals surface area contributed by atoms with Gasteiger partial charge in [0, 0.05) is 13.1 Å². The fraction of sp³-hybridized carbons (Fsp3) is 0.600. The minimum absolute atomic E-state index is 0.289. The van der Waals surface area contributed by atoms with Gasteiger partial charge in [-0.2, -0.15) is 4.31 Å². The summed E-state index contributed by atoms with van der Waals surface area (Å²) in [6.07, 6.45) is 0. The zero-order valence-corrected chi connectivity index (χ0v) is 13.9. The van der Waals surface area contributed by atoms with E-state index >= 15 is 0 Å². The Morgan fingerprint density at radius 3 is 2.47 bits per heavy atom. The van der Waals surface area contributed by atoms with E-state index in [1.807, 2.05) is 20.8 Å². The van der Waals surface area contributed by atoms with Gasteiger partial charge in [0.25, 0.3) is 10.0 Å². The molecule has 0 unspecified atom stereocenters. The number of sulfonamides is 1. The first-order valence-electron chi connectivity index (χ1n) is 5.24. The molecule has 17 heavy (non-hydrogen) atoms. The van der Waals surface area contributed by atoms with Crippen molar-refractivity contribution in [3.8, 4) is 0 Å². The Morgan fingerprint density at radius 2 is 2.12 bits per heavy atom. The maximum absolute atomic E-state index is 12.3. The van der Waals surface area contributed by atoms with Crippen molar-refractivity contribution in [1.29, 1.82) is 0 Å². The van der Waals surface area contributed by atoms with Crippen molar-refractivity contribution in [2.24, 2.45) is 5.92 Å². The van der Waals surface area contributed by atoms with E-state index in [1.165, 1.54) is 10.4 Å². The van der Waals surface area contributed by atoms with E-state index in [4.69, 9.17) is 11.6 Å². The summed E-state index contributed by atoms with van der Waals surface area (Å²) in [6, 6.07) is 1.49. The van der Waals surface area contributed by atoms with Crippen molar-refractivity contribution in [3.63, 3.8) is 0 Å². The smallest absolute Gasteiger partial charge is 0.206 e. The summed E-state index contributed by atoms with van der Waals surface area (Å²) >= 11 is 10.3. The third-order valence-corrected chi connectivity index (χ3v) is 7.00. The van der Waals surface area contributed by atoms with E-state index in [9.17, 15) is 8.42 Å². The van der Waals surface area contributed by atoms with E-state index < -0.39 is 10.0 Å². The second-order valence-electron chi connectivity index (χ2n) is 4.04. The van der Waals surface area contributed by atoms with Crippen LogP contribution in [0.3, 0.4) is 0 Å². The highest BCUT2D eigenvalue weighted by Crippen LogP contribution is 2.35. The van der Waals surface area contributed by atoms with Crippen LogP contribution in [0.15, 0.2) is 14.1 Å². The first-order valence-corrected chi connectivity index (χ1v) is 8.66. The predicted molar refractivity (Wildman–Crippen MR) is 76.3 cm³/mol. The zero-order chi connectivity index (χ0) is 13.2. The molecule has 0 saturated carbocycles. The van der Waals surface area contributed by atoms with E-state index in [-0.39, 0.29) is 4.21 Å². The zero-order valence-electron chi connectivity index (χ0n) is 9.91. The molecule has 98 valence electrons. The molecule has 0 aliphatic heterocycles. The lowest BCUT2D eigenvalue weighted by Crippen LogP contribution is -2.33. The Kier molecular flexibility index (Phi) is 5.46. The first-order chi connectivity index (χ1) is 7.78. The summed E-state index contributed by atoms with van der Waals surface area (Å²) in [5.41, 5.74) is 0. The van der Waals surface area contributed by atoms with Crippen LogP contribution in [0.25, 0.3) is 0 Å². The molecule has 7 heteroatoms. The van der Waals surface area contributed by atoms with Crippen LogP contribution in [0, 0.1) is 5.92 Å². The van der Waals surface area contributed by atoms with Crippen molar-refractivity contribution in [1.82, 2.24) is 4.31 Å². The van der Waals surface area contributed by atoms with Crippen LogP contribution >= 0.6 is 38.9 Å². The monoisotopic (exact) mass is 359 g/mol. The largest absolute Gasteiger partial charge is 0.252 e. The van der Waals surface area contributed by atoms with Crippen molar-refractivity contribution in [3.05, 3.63) is 14.9 Å². The van der Waals surface area contributed by atoms with Gasteiger partial charge in [-0.1, -0.05) is 32.4 Å². The van der Waals surface area contributed by atoms with Gasteiger partial charge in [-0.15, -0.1) is 11.3 Å². The average Bonchev–Trinajstić information content (AvgIpc) is 2.56. The number of rotatable bonds is 5. The molecule has 0 aliphatic carbocycles. The van der Waals surface area contributed by atoms with Crippen LogP contribution in [0.4, 0.5) is 0 Å². The fourth-order valence-corrected chi connectivity index (χ4v) is 5.55. The van der Waals surface area contributed by atoms with Gasteiger partial charge >= 0.3 is 0 Å². The summed E-state index contributed by atoms with van der Waals surface area (Å²) in [7, 11) is -3.41. The standard InChI is InChI=1S/C10H15BrClNO2S2/c1-4-13(6-7(2)3)17(14,15)9-5-8(12)10(11)16-9/h5,7H,4,6H2,1-3H3. The highest BCUT2D eigenvalue weighted by molar-refractivity contribution is 9.11. The molecule has 1 rings (SSSR count). The Morgan fingerprint density at radius 1 is 1.53 bits per heavy atom. The van der Waals surface area contributed by atoms with E-state index in [1.54, 1.807) is 0 Å². The molecule has 0 radical (unpaired) electrons. The fourth-order valence-electron chi connectivity index (χ4n) is 1.39. The molecule has 3 nitrogen and oxygen atoms in total. The molecule has 0 saturated heterocycles. The molecule has 0 fully saturated rings. The van der Waals surface area contributed by atoms with E-state index in [0.717, 1.165) is 11.3 Å². The van der Waals surface area contributed by atoms with Gasteiger partial charge in [-0.3, -0.25) is 0 Å². The molecular weight excluding hydrogens is 346 g/mol. The van der Waals surface area contributed by atoms with Gasteiger partial charge < -0.3 is 0 Å². The number of hydrogen-bond acceptors (Lipinski definition) is 3. The molecule has 0 bridgehead atoms. The highest BCUT2D eigenvalue weighted by atomic mass is 79.9. The number of hydrogen-bond donors (Lipinski definition) is 0. The molecular formula is C10H15BrClNO2S2. The van der Waals surface area contributed by atoms with Gasteiger partial charge in [-0.25, -0.2) is 8.42 Å². The maximum atomic E-state index is 12.3. The lowest BCUT2D eigenvalue weighted by Gasteiger charge is -2.21. The lowest BCUT2D eigenvalue weighted by atomic mass is 10.2. The summed E-state index contributed by atoms with van der Waals surface area (Å²) in [6.45, 7) is 6.81. The Hall–Kier alpha value is 0.380. The SMILES string of the molecule is CCN(CC(C)C)S(=O)(=O)c1cc(Cl)c(Br)s1. The lowest BCUT2D eigenvalue weighted by molar-refractivity contribution is 0.382.